The molecule has 1 aliphatic rings. The molecule has 0 radical (unpaired) electrons. The van der Waals surface area contributed by atoms with Gasteiger partial charge in [-0.1, -0.05) is 0 Å². The molecule has 6 nitrogen and oxygen atoms in total. The number of alkyl halides is 3. The highest BCUT2D eigenvalue weighted by Gasteiger charge is 2.58. The zero-order valence-electron chi connectivity index (χ0n) is 12.2. The zero-order valence-corrected chi connectivity index (χ0v) is 12.2. The van der Waals surface area contributed by atoms with Gasteiger partial charge in [0.25, 0.3) is 0 Å². The maximum Gasteiger partial charge on any atom is 0.422 e. The Bertz CT molecular complexity index is 422. The lowest BCUT2D eigenvalue weighted by atomic mass is 9.75. The van der Waals surface area contributed by atoms with E-state index in [0.29, 0.717) is 6.92 Å². The SMILES string of the molecule is CN(C)C1(CNC(=O)NC(C)(C(=O)O)C(F)(F)F)CCC1. The van der Waals surface area contributed by atoms with Gasteiger partial charge in [0, 0.05) is 12.1 Å². The van der Waals surface area contributed by atoms with Gasteiger partial charge in [-0.25, -0.2) is 9.59 Å². The highest BCUT2D eigenvalue weighted by molar-refractivity contribution is 5.86. The molecule has 9 heteroatoms. The number of hydrogen-bond donors (Lipinski definition) is 3. The first-order chi connectivity index (χ1) is 9.44. The van der Waals surface area contributed by atoms with Gasteiger partial charge in [0.2, 0.25) is 5.54 Å². The van der Waals surface area contributed by atoms with Crippen molar-refractivity contribution in [1.82, 2.24) is 15.5 Å². The molecule has 1 aliphatic carbocycles. The second-order valence-corrected chi connectivity index (χ2v) is 5.71. The number of carboxylic acid groups (broad SMARTS) is 1. The summed E-state index contributed by atoms with van der Waals surface area (Å²) in [6, 6.07) is -1.15. The molecule has 2 amide bonds. The summed E-state index contributed by atoms with van der Waals surface area (Å²) in [5.74, 6) is -2.16. The molecule has 0 heterocycles. The Hall–Kier alpha value is -1.51. The fourth-order valence-electron chi connectivity index (χ4n) is 2.13. The second-order valence-electron chi connectivity index (χ2n) is 5.71. The Morgan fingerprint density at radius 2 is 1.81 bits per heavy atom. The quantitative estimate of drug-likeness (QED) is 0.712. The fraction of sp³-hybridized carbons (Fsp3) is 0.833. The van der Waals surface area contributed by atoms with Crippen LogP contribution in [0.5, 0.6) is 0 Å². The summed E-state index contributed by atoms with van der Waals surface area (Å²) in [6.45, 7) is 0.583. The molecule has 1 saturated carbocycles. The van der Waals surface area contributed by atoms with Crippen LogP contribution in [0, 0.1) is 0 Å². The molecule has 0 spiro atoms. The van der Waals surface area contributed by atoms with Gasteiger partial charge in [-0.15, -0.1) is 0 Å². The molecule has 3 N–H and O–H groups in total. The molecule has 1 atom stereocenters. The second kappa shape index (κ2) is 5.70. The molecule has 0 aromatic carbocycles. The van der Waals surface area contributed by atoms with E-state index in [-0.39, 0.29) is 12.1 Å². The Morgan fingerprint density at radius 3 is 2.10 bits per heavy atom. The largest absolute Gasteiger partial charge is 0.479 e. The van der Waals surface area contributed by atoms with Crippen LogP contribution in [0.1, 0.15) is 26.2 Å². The summed E-state index contributed by atoms with van der Waals surface area (Å²) in [6.07, 6.45) is -2.45. The Labute approximate surface area is 120 Å². The average molecular weight is 311 g/mol. The highest BCUT2D eigenvalue weighted by Crippen LogP contribution is 2.35. The van der Waals surface area contributed by atoms with Crippen molar-refractivity contribution < 1.29 is 27.9 Å². The van der Waals surface area contributed by atoms with Crippen molar-refractivity contribution in [2.75, 3.05) is 20.6 Å². The van der Waals surface area contributed by atoms with Gasteiger partial charge in [-0.2, -0.15) is 13.2 Å². The van der Waals surface area contributed by atoms with Crippen molar-refractivity contribution in [3.05, 3.63) is 0 Å². The van der Waals surface area contributed by atoms with E-state index >= 15 is 0 Å². The lowest BCUT2D eigenvalue weighted by Gasteiger charge is -2.47. The number of nitrogens with one attached hydrogen (secondary N) is 2. The van der Waals surface area contributed by atoms with Crippen LogP contribution in [0.2, 0.25) is 0 Å². The summed E-state index contributed by atoms with van der Waals surface area (Å²) in [7, 11) is 3.66. The standard InChI is InChI=1S/C12H20F3N3O3/c1-10(8(19)20,12(13,14)15)17-9(21)16-7-11(18(2)3)5-4-6-11/h4-7H2,1-3H3,(H,19,20)(H2,16,17,21). The van der Waals surface area contributed by atoms with Gasteiger partial charge < -0.3 is 20.6 Å². The van der Waals surface area contributed by atoms with Crippen LogP contribution in [0.4, 0.5) is 18.0 Å². The number of amides is 2. The van der Waals surface area contributed by atoms with Crippen molar-refractivity contribution in [2.24, 2.45) is 0 Å². The van der Waals surface area contributed by atoms with Gasteiger partial charge in [-0.05, 0) is 40.3 Å². The number of hydrogen-bond acceptors (Lipinski definition) is 3. The summed E-state index contributed by atoms with van der Waals surface area (Å²) < 4.78 is 38.3. The maximum absolute atomic E-state index is 12.8. The van der Waals surface area contributed by atoms with Crippen LogP contribution in [-0.4, -0.2) is 59.9 Å². The van der Waals surface area contributed by atoms with E-state index < -0.39 is 23.7 Å². The van der Waals surface area contributed by atoms with E-state index in [4.69, 9.17) is 5.11 Å². The minimum Gasteiger partial charge on any atom is -0.479 e. The Balaban J connectivity index is 2.66. The number of aliphatic carboxylic acids is 1. The van der Waals surface area contributed by atoms with E-state index in [1.54, 1.807) is 0 Å². The lowest BCUT2D eigenvalue weighted by Crippen LogP contribution is -2.65. The van der Waals surface area contributed by atoms with Crippen LogP contribution < -0.4 is 10.6 Å². The number of likely N-dealkylation sites (N-methyl/N-ethyl adjacent to an activating group) is 1. The number of halogens is 3. The van der Waals surface area contributed by atoms with Gasteiger partial charge in [0.15, 0.2) is 0 Å². The molecule has 1 rings (SSSR count). The molecule has 0 saturated heterocycles. The number of carboxylic acids is 1. The third kappa shape index (κ3) is 3.39. The van der Waals surface area contributed by atoms with E-state index in [2.05, 4.69) is 5.32 Å². The third-order valence-corrected chi connectivity index (χ3v) is 4.17. The predicted octanol–water partition coefficient (Wildman–Crippen LogP) is 1.18. The highest BCUT2D eigenvalue weighted by atomic mass is 19.4. The van der Waals surface area contributed by atoms with Crippen LogP contribution in [0.3, 0.4) is 0 Å². The van der Waals surface area contributed by atoms with Crippen LogP contribution in [-0.2, 0) is 4.79 Å². The minimum absolute atomic E-state index is 0.166. The zero-order chi connectivity index (χ0) is 16.5. The Kier molecular flexibility index (Phi) is 4.76. The van der Waals surface area contributed by atoms with Gasteiger partial charge >= 0.3 is 18.2 Å². The topological polar surface area (TPSA) is 81.7 Å². The van der Waals surface area contributed by atoms with Gasteiger partial charge in [0.05, 0.1) is 0 Å². The molecule has 21 heavy (non-hydrogen) atoms. The Morgan fingerprint density at radius 1 is 1.29 bits per heavy atom. The smallest absolute Gasteiger partial charge is 0.422 e. The molecule has 0 aromatic rings. The molecular weight excluding hydrogens is 291 g/mol. The number of urea groups is 1. The summed E-state index contributed by atoms with van der Waals surface area (Å²) in [4.78, 5) is 24.3. The minimum atomic E-state index is -5.09. The van der Waals surface area contributed by atoms with Crippen molar-refractivity contribution in [2.45, 2.75) is 43.4 Å². The molecule has 0 aliphatic heterocycles. The van der Waals surface area contributed by atoms with Gasteiger partial charge in [0.1, 0.15) is 0 Å². The first-order valence-electron chi connectivity index (χ1n) is 6.48. The van der Waals surface area contributed by atoms with E-state index in [1.165, 1.54) is 5.32 Å². The number of carbonyl (C=O) groups excluding carboxylic acids is 1. The van der Waals surface area contributed by atoms with Crippen molar-refractivity contribution in [1.29, 1.82) is 0 Å². The predicted molar refractivity (Wildman–Crippen MR) is 68.9 cm³/mol. The number of nitrogens with zero attached hydrogens (tertiary/aromatic N) is 1. The number of carbonyl (C=O) groups is 2. The van der Waals surface area contributed by atoms with Crippen molar-refractivity contribution >= 4 is 12.0 Å². The molecule has 0 bridgehead atoms. The van der Waals surface area contributed by atoms with E-state index in [1.807, 2.05) is 19.0 Å². The van der Waals surface area contributed by atoms with Crippen LogP contribution in [0.15, 0.2) is 0 Å². The van der Waals surface area contributed by atoms with Crippen molar-refractivity contribution in [3.63, 3.8) is 0 Å². The molecular formula is C12H20F3N3O3. The molecule has 0 aromatic heterocycles. The molecule has 1 fully saturated rings. The lowest BCUT2D eigenvalue weighted by molar-refractivity contribution is -0.203. The average Bonchev–Trinajstić information content (AvgIpc) is 2.24. The normalized spacial score (nSPS) is 20.3. The monoisotopic (exact) mass is 311 g/mol. The fourth-order valence-corrected chi connectivity index (χ4v) is 2.13. The summed E-state index contributed by atoms with van der Waals surface area (Å²) in [5, 5.41) is 12.6. The van der Waals surface area contributed by atoms with Crippen LogP contribution in [0.25, 0.3) is 0 Å². The van der Waals surface area contributed by atoms with Crippen LogP contribution >= 0.6 is 0 Å². The number of rotatable bonds is 5. The van der Waals surface area contributed by atoms with Gasteiger partial charge in [-0.3, -0.25) is 0 Å². The first-order valence-corrected chi connectivity index (χ1v) is 6.48. The summed E-state index contributed by atoms with van der Waals surface area (Å²) >= 11 is 0. The maximum atomic E-state index is 12.8. The first kappa shape index (κ1) is 17.5. The summed E-state index contributed by atoms with van der Waals surface area (Å²) in [5.41, 5.74) is -3.59. The van der Waals surface area contributed by atoms with E-state index in [0.717, 1.165) is 19.3 Å². The molecule has 1 unspecified atom stereocenters. The third-order valence-electron chi connectivity index (χ3n) is 4.17. The van der Waals surface area contributed by atoms with E-state index in [9.17, 15) is 22.8 Å². The van der Waals surface area contributed by atoms with Crippen molar-refractivity contribution in [3.8, 4) is 0 Å². The molecule has 122 valence electrons.